The highest BCUT2D eigenvalue weighted by Gasteiger charge is 2.39. The Morgan fingerprint density at radius 2 is 2.21 bits per heavy atom. The molecule has 96 valence electrons. The molecule has 0 amide bonds. The van der Waals surface area contributed by atoms with E-state index < -0.39 is 0 Å². The van der Waals surface area contributed by atoms with Gasteiger partial charge in [-0.3, -0.25) is 4.40 Å². The fraction of sp³-hybridized carbons (Fsp3) is 0.533. The van der Waals surface area contributed by atoms with Crippen LogP contribution >= 0.6 is 0 Å². The molecule has 0 spiro atoms. The Morgan fingerprint density at radius 3 is 2.95 bits per heavy atom. The largest absolute Gasteiger partial charge is 0.285 e. The van der Waals surface area contributed by atoms with Crippen LogP contribution in [0.3, 0.4) is 0 Å². The van der Waals surface area contributed by atoms with Gasteiger partial charge in [-0.1, -0.05) is 6.42 Å². The number of fused-ring (bicyclic) bond motifs is 3. The number of nitriles is 1. The van der Waals surface area contributed by atoms with E-state index in [9.17, 15) is 0 Å². The summed E-state index contributed by atoms with van der Waals surface area (Å²) in [6.45, 7) is 0. The van der Waals surface area contributed by atoms with Gasteiger partial charge in [-0.05, 0) is 49.1 Å². The van der Waals surface area contributed by atoms with Gasteiger partial charge < -0.3 is 0 Å². The smallest absolute Gasteiger partial charge is 0.160 e. The second-order valence-corrected chi connectivity index (χ2v) is 6.01. The third kappa shape index (κ3) is 1.73. The highest BCUT2D eigenvalue weighted by Crippen LogP contribution is 2.49. The second kappa shape index (κ2) is 4.06. The Labute approximate surface area is 112 Å². The Balaban J connectivity index is 1.66. The quantitative estimate of drug-likeness (QED) is 0.825. The summed E-state index contributed by atoms with van der Waals surface area (Å²) in [5, 5.41) is 17.5. The molecule has 2 heterocycles. The molecule has 4 heteroatoms. The first kappa shape index (κ1) is 11.0. The van der Waals surface area contributed by atoms with E-state index >= 15 is 0 Å². The standard InChI is InChI=1S/C15H16N4/c16-8-11-2-4-14-17-18-15(19(14)9-11)7-13-6-10-1-3-12(13)5-10/h2,4,9-10,12-13H,1,3,5-7H2. The lowest BCUT2D eigenvalue weighted by Gasteiger charge is -2.20. The Bertz CT molecular complexity index is 666. The van der Waals surface area contributed by atoms with Crippen molar-refractivity contribution in [2.45, 2.75) is 32.1 Å². The third-order valence-electron chi connectivity index (χ3n) is 4.93. The molecule has 0 aromatic carbocycles. The van der Waals surface area contributed by atoms with Crippen molar-refractivity contribution in [3.8, 4) is 6.07 Å². The molecule has 3 atom stereocenters. The van der Waals surface area contributed by atoms with Crippen molar-refractivity contribution < 1.29 is 0 Å². The molecule has 0 saturated heterocycles. The van der Waals surface area contributed by atoms with Crippen LogP contribution in [-0.4, -0.2) is 14.6 Å². The zero-order valence-corrected chi connectivity index (χ0v) is 10.8. The van der Waals surface area contributed by atoms with Crippen molar-refractivity contribution in [2.24, 2.45) is 17.8 Å². The highest BCUT2D eigenvalue weighted by atomic mass is 15.2. The normalized spacial score (nSPS) is 28.9. The number of aromatic nitrogens is 3. The van der Waals surface area contributed by atoms with E-state index in [2.05, 4.69) is 16.3 Å². The summed E-state index contributed by atoms with van der Waals surface area (Å²) in [6, 6.07) is 5.85. The molecule has 2 saturated carbocycles. The molecule has 2 fully saturated rings. The van der Waals surface area contributed by atoms with E-state index in [1.165, 1.54) is 25.7 Å². The summed E-state index contributed by atoms with van der Waals surface area (Å²) in [5.41, 5.74) is 1.51. The number of hydrogen-bond acceptors (Lipinski definition) is 3. The Kier molecular flexibility index (Phi) is 2.34. The number of rotatable bonds is 2. The zero-order chi connectivity index (χ0) is 12.8. The molecule has 4 rings (SSSR count). The van der Waals surface area contributed by atoms with Gasteiger partial charge in [0.25, 0.3) is 0 Å². The van der Waals surface area contributed by atoms with Gasteiger partial charge >= 0.3 is 0 Å². The van der Waals surface area contributed by atoms with E-state index in [-0.39, 0.29) is 0 Å². The summed E-state index contributed by atoms with van der Waals surface area (Å²) in [6.07, 6.45) is 8.48. The van der Waals surface area contributed by atoms with Crippen molar-refractivity contribution in [1.82, 2.24) is 14.6 Å². The van der Waals surface area contributed by atoms with E-state index in [0.29, 0.717) is 5.56 Å². The number of hydrogen-bond donors (Lipinski definition) is 0. The minimum atomic E-state index is 0.668. The van der Waals surface area contributed by atoms with Crippen molar-refractivity contribution >= 4 is 5.65 Å². The lowest BCUT2D eigenvalue weighted by molar-refractivity contribution is 0.326. The maximum Gasteiger partial charge on any atom is 0.160 e. The van der Waals surface area contributed by atoms with Crippen LogP contribution in [0.4, 0.5) is 0 Å². The summed E-state index contributed by atoms with van der Waals surface area (Å²) >= 11 is 0. The van der Waals surface area contributed by atoms with E-state index in [4.69, 9.17) is 5.26 Å². The average molecular weight is 252 g/mol. The van der Waals surface area contributed by atoms with Crippen LogP contribution in [-0.2, 0) is 6.42 Å². The van der Waals surface area contributed by atoms with Gasteiger partial charge in [0, 0.05) is 12.6 Å². The molecule has 0 N–H and O–H groups in total. The first-order valence-corrected chi connectivity index (χ1v) is 7.07. The highest BCUT2D eigenvalue weighted by molar-refractivity contribution is 5.42. The van der Waals surface area contributed by atoms with Crippen LogP contribution in [0.15, 0.2) is 18.3 Å². The van der Waals surface area contributed by atoms with Crippen molar-refractivity contribution in [3.63, 3.8) is 0 Å². The molecule has 2 aliphatic carbocycles. The first-order valence-electron chi connectivity index (χ1n) is 7.07. The summed E-state index contributed by atoms with van der Waals surface area (Å²) in [4.78, 5) is 0. The molecule has 2 bridgehead atoms. The lowest BCUT2D eigenvalue weighted by Crippen LogP contribution is -2.14. The molecular weight excluding hydrogens is 236 g/mol. The number of pyridine rings is 1. The fourth-order valence-electron chi connectivity index (χ4n) is 4.00. The maximum atomic E-state index is 8.99. The average Bonchev–Trinajstić information content (AvgIpc) is 3.14. The molecule has 2 aromatic rings. The molecule has 3 unspecified atom stereocenters. The Hall–Kier alpha value is -1.89. The predicted molar refractivity (Wildman–Crippen MR) is 70.3 cm³/mol. The molecular formula is C15H16N4. The second-order valence-electron chi connectivity index (χ2n) is 6.01. The van der Waals surface area contributed by atoms with Gasteiger partial charge in [0.2, 0.25) is 0 Å². The molecule has 0 radical (unpaired) electrons. The SMILES string of the molecule is N#Cc1ccc2nnc(CC3CC4CCC3C4)n2c1. The van der Waals surface area contributed by atoms with Crippen LogP contribution < -0.4 is 0 Å². The molecule has 2 aromatic heterocycles. The van der Waals surface area contributed by atoms with Crippen LogP contribution in [0, 0.1) is 29.1 Å². The number of nitrogens with zero attached hydrogens (tertiary/aromatic N) is 4. The van der Waals surface area contributed by atoms with Crippen LogP contribution in [0.25, 0.3) is 5.65 Å². The van der Waals surface area contributed by atoms with E-state index in [1.807, 2.05) is 16.7 Å². The van der Waals surface area contributed by atoms with Gasteiger partial charge in [-0.25, -0.2) is 0 Å². The predicted octanol–water partition coefficient (Wildman–Crippen LogP) is 2.58. The van der Waals surface area contributed by atoms with E-state index in [1.54, 1.807) is 6.07 Å². The van der Waals surface area contributed by atoms with Crippen LogP contribution in [0.1, 0.15) is 37.1 Å². The summed E-state index contributed by atoms with van der Waals surface area (Å²) in [5.74, 6) is 3.65. The fourth-order valence-corrected chi connectivity index (χ4v) is 4.00. The maximum absolute atomic E-state index is 8.99. The molecule has 19 heavy (non-hydrogen) atoms. The molecule has 2 aliphatic rings. The van der Waals surface area contributed by atoms with Gasteiger partial charge in [0.1, 0.15) is 11.9 Å². The van der Waals surface area contributed by atoms with Gasteiger partial charge in [-0.15, -0.1) is 10.2 Å². The van der Waals surface area contributed by atoms with Crippen LogP contribution in [0.5, 0.6) is 0 Å². The topological polar surface area (TPSA) is 54.0 Å². The summed E-state index contributed by atoms with van der Waals surface area (Å²) in [7, 11) is 0. The van der Waals surface area contributed by atoms with Gasteiger partial charge in [0.15, 0.2) is 5.65 Å². The van der Waals surface area contributed by atoms with Crippen molar-refractivity contribution in [1.29, 1.82) is 5.26 Å². The van der Waals surface area contributed by atoms with Crippen LogP contribution in [0.2, 0.25) is 0 Å². The third-order valence-corrected chi connectivity index (χ3v) is 4.93. The van der Waals surface area contributed by atoms with Crippen molar-refractivity contribution in [3.05, 3.63) is 29.7 Å². The lowest BCUT2D eigenvalue weighted by atomic mass is 9.86. The monoisotopic (exact) mass is 252 g/mol. The van der Waals surface area contributed by atoms with Gasteiger partial charge in [-0.2, -0.15) is 5.26 Å². The van der Waals surface area contributed by atoms with Crippen molar-refractivity contribution in [2.75, 3.05) is 0 Å². The Morgan fingerprint density at radius 1 is 1.26 bits per heavy atom. The molecule has 0 aliphatic heterocycles. The summed E-state index contributed by atoms with van der Waals surface area (Å²) < 4.78 is 1.99. The minimum Gasteiger partial charge on any atom is -0.285 e. The first-order chi connectivity index (χ1) is 9.33. The minimum absolute atomic E-state index is 0.668. The van der Waals surface area contributed by atoms with Gasteiger partial charge in [0.05, 0.1) is 5.56 Å². The molecule has 4 nitrogen and oxygen atoms in total. The zero-order valence-electron chi connectivity index (χ0n) is 10.8. The van der Waals surface area contributed by atoms with E-state index in [0.717, 1.165) is 35.6 Å².